The monoisotopic (exact) mass is 227 g/mol. The molecule has 0 saturated carbocycles. The molecule has 0 amide bonds. The van der Waals surface area contributed by atoms with Crippen LogP contribution in [-0.2, 0) is 0 Å². The number of ether oxygens (including phenoxy) is 1. The first-order valence-electron chi connectivity index (χ1n) is 4.61. The van der Waals surface area contributed by atoms with Crippen molar-refractivity contribution in [2.24, 2.45) is 5.41 Å². The highest BCUT2D eigenvalue weighted by Gasteiger charge is 2.25. The molecule has 0 spiro atoms. The van der Waals surface area contributed by atoms with Crippen LogP contribution in [0.4, 0.5) is 0 Å². The lowest BCUT2D eigenvalue weighted by atomic mass is 9.87. The van der Waals surface area contributed by atoms with Crippen molar-refractivity contribution in [3.05, 3.63) is 22.8 Å². The van der Waals surface area contributed by atoms with Gasteiger partial charge in [0.15, 0.2) is 5.78 Å². The van der Waals surface area contributed by atoms with Gasteiger partial charge in [0.25, 0.3) is 0 Å². The summed E-state index contributed by atoms with van der Waals surface area (Å²) in [5.74, 6) is 0.383. The summed E-state index contributed by atoms with van der Waals surface area (Å²) >= 11 is 5.90. The van der Waals surface area contributed by atoms with Crippen molar-refractivity contribution in [1.29, 1.82) is 0 Å². The van der Waals surface area contributed by atoms with Crippen LogP contribution in [0.15, 0.2) is 12.1 Å². The maximum atomic E-state index is 11.9. The molecule has 0 bridgehead atoms. The fraction of sp³-hybridized carbons (Fsp3) is 0.455. The summed E-state index contributed by atoms with van der Waals surface area (Å²) in [6.45, 7) is 5.53. The van der Waals surface area contributed by atoms with Crippen LogP contribution in [0.1, 0.15) is 31.1 Å². The van der Waals surface area contributed by atoms with Crippen molar-refractivity contribution in [1.82, 2.24) is 4.98 Å². The molecule has 0 aromatic carbocycles. The largest absolute Gasteiger partial charge is 0.481 e. The molecule has 4 heteroatoms. The Morgan fingerprint density at radius 1 is 1.40 bits per heavy atom. The van der Waals surface area contributed by atoms with Crippen LogP contribution in [0.5, 0.6) is 5.88 Å². The van der Waals surface area contributed by atoms with Gasteiger partial charge < -0.3 is 4.74 Å². The molecule has 0 aliphatic heterocycles. The average Bonchev–Trinajstić information content (AvgIpc) is 2.15. The maximum Gasteiger partial charge on any atom is 0.214 e. The first kappa shape index (κ1) is 12.0. The predicted octanol–water partition coefficient (Wildman–Crippen LogP) is 2.97. The van der Waals surface area contributed by atoms with Gasteiger partial charge in [-0.3, -0.25) is 4.79 Å². The van der Waals surface area contributed by atoms with Crippen molar-refractivity contribution in [3.8, 4) is 5.88 Å². The summed E-state index contributed by atoms with van der Waals surface area (Å²) < 4.78 is 4.91. The zero-order valence-electron chi connectivity index (χ0n) is 9.30. The molecule has 0 fully saturated rings. The highest BCUT2D eigenvalue weighted by atomic mass is 35.5. The second-order valence-electron chi connectivity index (χ2n) is 4.27. The molecule has 15 heavy (non-hydrogen) atoms. The highest BCUT2D eigenvalue weighted by Crippen LogP contribution is 2.26. The Hall–Kier alpha value is -1.09. The van der Waals surface area contributed by atoms with Crippen LogP contribution < -0.4 is 4.74 Å². The molecule has 0 unspecified atom stereocenters. The Kier molecular flexibility index (Phi) is 3.35. The van der Waals surface area contributed by atoms with Crippen LogP contribution in [0.3, 0.4) is 0 Å². The number of carbonyl (C=O) groups is 1. The summed E-state index contributed by atoms with van der Waals surface area (Å²) in [6, 6.07) is 3.27. The van der Waals surface area contributed by atoms with E-state index in [4.69, 9.17) is 16.3 Å². The average molecular weight is 228 g/mol. The zero-order chi connectivity index (χ0) is 11.6. The van der Waals surface area contributed by atoms with Gasteiger partial charge in [-0.1, -0.05) is 32.4 Å². The van der Waals surface area contributed by atoms with Gasteiger partial charge in [0, 0.05) is 11.5 Å². The third-order valence-electron chi connectivity index (χ3n) is 1.96. The van der Waals surface area contributed by atoms with Gasteiger partial charge in [0.2, 0.25) is 5.88 Å². The van der Waals surface area contributed by atoms with Gasteiger partial charge in [-0.2, -0.15) is 0 Å². The van der Waals surface area contributed by atoms with Gasteiger partial charge in [0.1, 0.15) is 5.15 Å². The Morgan fingerprint density at radius 2 is 2.00 bits per heavy atom. The molecule has 82 valence electrons. The second kappa shape index (κ2) is 4.19. The third kappa shape index (κ3) is 2.69. The summed E-state index contributed by atoms with van der Waals surface area (Å²) in [7, 11) is 1.50. The quantitative estimate of drug-likeness (QED) is 0.576. The van der Waals surface area contributed by atoms with Crippen LogP contribution >= 0.6 is 11.6 Å². The van der Waals surface area contributed by atoms with Crippen molar-refractivity contribution in [2.45, 2.75) is 20.8 Å². The third-order valence-corrected chi connectivity index (χ3v) is 2.25. The molecule has 0 N–H and O–H groups in total. The van der Waals surface area contributed by atoms with Crippen LogP contribution in [-0.4, -0.2) is 17.9 Å². The summed E-state index contributed by atoms with van der Waals surface area (Å²) in [6.07, 6.45) is 0. The van der Waals surface area contributed by atoms with E-state index in [1.165, 1.54) is 7.11 Å². The summed E-state index contributed by atoms with van der Waals surface area (Å²) in [5.41, 5.74) is -0.0233. The molecular formula is C11H14ClNO2. The number of pyridine rings is 1. The smallest absolute Gasteiger partial charge is 0.214 e. The number of carbonyl (C=O) groups excluding carboxylic acids is 1. The molecule has 0 aliphatic carbocycles. The number of hydrogen-bond donors (Lipinski definition) is 0. The lowest BCUT2D eigenvalue weighted by Gasteiger charge is -2.17. The Balaban J connectivity index is 3.12. The minimum atomic E-state index is -0.458. The van der Waals surface area contributed by atoms with E-state index < -0.39 is 5.41 Å². The SMILES string of the molecule is COc1ccc(C(=O)C(C)(C)C)c(Cl)n1. The van der Waals surface area contributed by atoms with E-state index in [0.717, 1.165) is 0 Å². The molecule has 1 rings (SSSR count). The standard InChI is InChI=1S/C11H14ClNO2/c1-11(2,3)9(14)7-5-6-8(15-4)13-10(7)12/h5-6H,1-4H3. The number of aromatic nitrogens is 1. The molecule has 0 atom stereocenters. The van der Waals surface area contributed by atoms with E-state index in [1.54, 1.807) is 12.1 Å². The molecule has 1 aromatic heterocycles. The van der Waals surface area contributed by atoms with E-state index in [9.17, 15) is 4.79 Å². The Labute approximate surface area is 94.4 Å². The number of methoxy groups -OCH3 is 1. The van der Waals surface area contributed by atoms with Gasteiger partial charge in [-0.15, -0.1) is 0 Å². The van der Waals surface area contributed by atoms with Crippen molar-refractivity contribution in [2.75, 3.05) is 7.11 Å². The fourth-order valence-electron chi connectivity index (χ4n) is 1.10. The minimum absolute atomic E-state index is 0.0253. The molecule has 3 nitrogen and oxygen atoms in total. The number of hydrogen-bond acceptors (Lipinski definition) is 3. The van der Waals surface area contributed by atoms with Gasteiger partial charge in [0.05, 0.1) is 12.7 Å². The number of nitrogens with zero attached hydrogens (tertiary/aromatic N) is 1. The molecule has 0 aliphatic rings. The van der Waals surface area contributed by atoms with Crippen molar-refractivity contribution < 1.29 is 9.53 Å². The van der Waals surface area contributed by atoms with E-state index >= 15 is 0 Å². The van der Waals surface area contributed by atoms with Gasteiger partial charge in [-0.05, 0) is 6.07 Å². The lowest BCUT2D eigenvalue weighted by Crippen LogP contribution is -2.20. The number of Topliss-reactive ketones (excluding diaryl/α,β-unsaturated/α-hetero) is 1. The Morgan fingerprint density at radius 3 is 2.40 bits per heavy atom. The highest BCUT2D eigenvalue weighted by molar-refractivity contribution is 6.33. The summed E-state index contributed by atoms with van der Waals surface area (Å²) in [4.78, 5) is 15.9. The lowest BCUT2D eigenvalue weighted by molar-refractivity contribution is 0.0858. The van der Waals surface area contributed by atoms with E-state index in [-0.39, 0.29) is 10.9 Å². The molecular weight excluding hydrogens is 214 g/mol. The van der Waals surface area contributed by atoms with E-state index in [0.29, 0.717) is 11.4 Å². The van der Waals surface area contributed by atoms with Crippen molar-refractivity contribution >= 4 is 17.4 Å². The molecule has 0 radical (unpaired) electrons. The molecule has 1 heterocycles. The second-order valence-corrected chi connectivity index (χ2v) is 4.63. The van der Waals surface area contributed by atoms with E-state index in [2.05, 4.69) is 4.98 Å². The van der Waals surface area contributed by atoms with Gasteiger partial charge in [-0.25, -0.2) is 4.98 Å². The predicted molar refractivity (Wildman–Crippen MR) is 59.6 cm³/mol. The number of ketones is 1. The Bertz CT molecular complexity index is 383. The number of rotatable bonds is 2. The zero-order valence-corrected chi connectivity index (χ0v) is 10.1. The number of halogens is 1. The van der Waals surface area contributed by atoms with Crippen LogP contribution in [0.25, 0.3) is 0 Å². The molecule has 0 saturated heterocycles. The normalized spacial score (nSPS) is 11.3. The van der Waals surface area contributed by atoms with Crippen molar-refractivity contribution in [3.63, 3.8) is 0 Å². The fourth-order valence-corrected chi connectivity index (χ4v) is 1.34. The molecule has 1 aromatic rings. The minimum Gasteiger partial charge on any atom is -0.481 e. The van der Waals surface area contributed by atoms with Crippen LogP contribution in [0.2, 0.25) is 5.15 Å². The maximum absolute atomic E-state index is 11.9. The first-order chi connectivity index (χ1) is 6.86. The summed E-state index contributed by atoms with van der Waals surface area (Å²) in [5, 5.41) is 0.189. The topological polar surface area (TPSA) is 39.2 Å². The van der Waals surface area contributed by atoms with E-state index in [1.807, 2.05) is 20.8 Å². The van der Waals surface area contributed by atoms with Gasteiger partial charge >= 0.3 is 0 Å². The van der Waals surface area contributed by atoms with Crippen LogP contribution in [0, 0.1) is 5.41 Å². The first-order valence-corrected chi connectivity index (χ1v) is 4.99.